The maximum absolute atomic E-state index is 13.0. The van der Waals surface area contributed by atoms with Gasteiger partial charge < -0.3 is 19.5 Å². The van der Waals surface area contributed by atoms with Crippen LogP contribution in [-0.4, -0.2) is 66.3 Å². The first kappa shape index (κ1) is 24.3. The van der Waals surface area contributed by atoms with Crippen molar-refractivity contribution in [3.63, 3.8) is 0 Å². The van der Waals surface area contributed by atoms with Crippen molar-refractivity contribution < 1.29 is 33.8 Å². The Morgan fingerprint density at radius 3 is 2.09 bits per heavy atom. The Bertz CT molecular complexity index is 1080. The number of alkyl carbamates (subject to hydrolysis) is 1. The predicted octanol–water partition coefficient (Wildman–Crippen LogP) is 2.78. The summed E-state index contributed by atoms with van der Waals surface area (Å²) >= 11 is 0. The highest BCUT2D eigenvalue weighted by Gasteiger charge is 2.37. The minimum Gasteiger partial charge on any atom is -0.481 e. The Morgan fingerprint density at radius 2 is 1.54 bits per heavy atom. The summed E-state index contributed by atoms with van der Waals surface area (Å²) in [5.41, 5.74) is 4.25. The second-order valence-corrected chi connectivity index (χ2v) is 8.59. The second kappa shape index (κ2) is 10.6. The third-order valence-corrected chi connectivity index (χ3v) is 6.53. The lowest BCUT2D eigenvalue weighted by molar-refractivity contribution is -0.154. The van der Waals surface area contributed by atoms with Crippen molar-refractivity contribution in [3.8, 4) is 11.1 Å². The van der Waals surface area contributed by atoms with Crippen molar-refractivity contribution in [2.45, 2.75) is 31.7 Å². The van der Waals surface area contributed by atoms with E-state index in [9.17, 15) is 19.2 Å². The van der Waals surface area contributed by atoms with Gasteiger partial charge in [0, 0.05) is 19.0 Å². The van der Waals surface area contributed by atoms with Crippen LogP contribution in [0.1, 0.15) is 36.8 Å². The zero-order chi connectivity index (χ0) is 24.9. The fourth-order valence-electron chi connectivity index (χ4n) is 4.73. The first-order valence-corrected chi connectivity index (χ1v) is 11.7. The van der Waals surface area contributed by atoms with Crippen molar-refractivity contribution in [2.75, 3.05) is 26.3 Å². The Morgan fingerprint density at radius 1 is 0.971 bits per heavy atom. The van der Waals surface area contributed by atoms with Crippen LogP contribution in [0.3, 0.4) is 0 Å². The van der Waals surface area contributed by atoms with Crippen LogP contribution in [0.15, 0.2) is 48.5 Å². The molecule has 1 heterocycles. The number of nitrogens with one attached hydrogen (secondary N) is 1. The van der Waals surface area contributed by atoms with Crippen molar-refractivity contribution in [3.05, 3.63) is 59.7 Å². The van der Waals surface area contributed by atoms with Crippen LogP contribution in [0, 0.1) is 5.92 Å². The van der Waals surface area contributed by atoms with Gasteiger partial charge in [0.15, 0.2) is 0 Å². The molecule has 1 saturated heterocycles. The van der Waals surface area contributed by atoms with Gasteiger partial charge in [-0.15, -0.1) is 0 Å². The van der Waals surface area contributed by atoms with Gasteiger partial charge in [-0.25, -0.2) is 9.59 Å². The number of piperidine rings is 1. The standard InChI is InChI=1S/C26H28N2O7/c1-2-34-25(32)22(23(29)28-13-11-16(12-14-28)24(30)31)27-26(33)35-15-21-19-9-5-3-7-17(19)18-8-4-6-10-20(18)21/h3-10,16,21-22H,2,11-15H2,1H3,(H,27,33)(H,30,31). The van der Waals surface area contributed by atoms with Crippen LogP contribution in [0.2, 0.25) is 0 Å². The molecule has 2 aromatic rings. The number of carbonyl (C=O) groups excluding carboxylic acids is 3. The van der Waals surface area contributed by atoms with Crippen molar-refractivity contribution in [1.82, 2.24) is 10.2 Å². The molecule has 0 bridgehead atoms. The molecule has 1 aliphatic carbocycles. The molecular weight excluding hydrogens is 452 g/mol. The number of aliphatic carboxylic acids is 1. The summed E-state index contributed by atoms with van der Waals surface area (Å²) in [6.07, 6.45) is -0.345. The molecule has 2 amide bonds. The van der Waals surface area contributed by atoms with E-state index in [4.69, 9.17) is 14.6 Å². The van der Waals surface area contributed by atoms with Gasteiger partial charge in [0.2, 0.25) is 6.04 Å². The summed E-state index contributed by atoms with van der Waals surface area (Å²) < 4.78 is 10.5. The number of carbonyl (C=O) groups is 4. The lowest BCUT2D eigenvalue weighted by Gasteiger charge is -2.32. The highest BCUT2D eigenvalue weighted by atomic mass is 16.6. The lowest BCUT2D eigenvalue weighted by atomic mass is 9.96. The average molecular weight is 481 g/mol. The van der Waals surface area contributed by atoms with Crippen LogP contribution in [0.4, 0.5) is 4.79 Å². The van der Waals surface area contributed by atoms with Crippen LogP contribution < -0.4 is 5.32 Å². The molecule has 184 valence electrons. The second-order valence-electron chi connectivity index (χ2n) is 8.59. The molecule has 2 aliphatic rings. The van der Waals surface area contributed by atoms with E-state index in [1.165, 1.54) is 4.90 Å². The monoisotopic (exact) mass is 480 g/mol. The first-order valence-electron chi connectivity index (χ1n) is 11.7. The largest absolute Gasteiger partial charge is 0.481 e. The van der Waals surface area contributed by atoms with Gasteiger partial charge in [0.25, 0.3) is 5.91 Å². The molecule has 9 heteroatoms. The van der Waals surface area contributed by atoms with Crippen LogP contribution in [0.25, 0.3) is 11.1 Å². The molecule has 1 unspecified atom stereocenters. The Labute approximate surface area is 203 Å². The van der Waals surface area contributed by atoms with Gasteiger partial charge in [0.1, 0.15) is 6.61 Å². The zero-order valence-electron chi connectivity index (χ0n) is 19.4. The number of hydrogen-bond donors (Lipinski definition) is 2. The summed E-state index contributed by atoms with van der Waals surface area (Å²) in [6, 6.07) is 14.3. The van der Waals surface area contributed by atoms with Gasteiger partial charge >= 0.3 is 18.0 Å². The zero-order valence-corrected chi connectivity index (χ0v) is 19.4. The smallest absolute Gasteiger partial charge is 0.408 e. The molecule has 0 saturated carbocycles. The SMILES string of the molecule is CCOC(=O)C(NC(=O)OCC1c2ccccc2-c2ccccc21)C(=O)N1CCC(C(=O)O)CC1. The lowest BCUT2D eigenvalue weighted by Crippen LogP contribution is -2.55. The highest BCUT2D eigenvalue weighted by molar-refractivity contribution is 6.04. The number of likely N-dealkylation sites (tertiary alicyclic amines) is 1. The van der Waals surface area contributed by atoms with Crippen molar-refractivity contribution >= 4 is 23.9 Å². The number of carboxylic acids is 1. The number of carboxylic acid groups (broad SMARTS) is 1. The van der Waals surface area contributed by atoms with Gasteiger partial charge in [-0.1, -0.05) is 48.5 Å². The minimum absolute atomic E-state index is 0.0353. The number of esters is 1. The normalized spacial score (nSPS) is 16.1. The average Bonchev–Trinajstić information content (AvgIpc) is 3.19. The summed E-state index contributed by atoms with van der Waals surface area (Å²) in [4.78, 5) is 50.8. The summed E-state index contributed by atoms with van der Waals surface area (Å²) in [5.74, 6) is -3.13. The molecular formula is C26H28N2O7. The van der Waals surface area contributed by atoms with Crippen molar-refractivity contribution in [1.29, 1.82) is 0 Å². The van der Waals surface area contributed by atoms with Gasteiger partial charge in [-0.2, -0.15) is 0 Å². The Hall–Kier alpha value is -3.88. The Kier molecular flexibility index (Phi) is 7.33. The fraction of sp³-hybridized carbons (Fsp3) is 0.385. The minimum atomic E-state index is -1.56. The number of amides is 2. The number of fused-ring (bicyclic) bond motifs is 3. The molecule has 35 heavy (non-hydrogen) atoms. The van der Waals surface area contributed by atoms with E-state index in [-0.39, 0.29) is 45.1 Å². The number of ether oxygens (including phenoxy) is 2. The molecule has 1 fully saturated rings. The predicted molar refractivity (Wildman–Crippen MR) is 126 cm³/mol. The molecule has 9 nitrogen and oxygen atoms in total. The van der Waals surface area contributed by atoms with Crippen LogP contribution in [0.5, 0.6) is 0 Å². The van der Waals surface area contributed by atoms with Crippen LogP contribution >= 0.6 is 0 Å². The molecule has 1 aliphatic heterocycles. The fourth-order valence-corrected chi connectivity index (χ4v) is 4.73. The molecule has 2 N–H and O–H groups in total. The van der Waals surface area contributed by atoms with Gasteiger partial charge in [-0.3, -0.25) is 14.9 Å². The molecule has 0 spiro atoms. The molecule has 2 aromatic carbocycles. The van der Waals surface area contributed by atoms with E-state index in [0.29, 0.717) is 0 Å². The van der Waals surface area contributed by atoms with E-state index in [0.717, 1.165) is 22.3 Å². The molecule has 1 atom stereocenters. The number of benzene rings is 2. The number of rotatable bonds is 7. The Balaban J connectivity index is 1.42. The molecule has 4 rings (SSSR count). The van der Waals surface area contributed by atoms with Crippen molar-refractivity contribution in [2.24, 2.45) is 5.92 Å². The molecule has 0 radical (unpaired) electrons. The van der Waals surface area contributed by atoms with E-state index >= 15 is 0 Å². The maximum Gasteiger partial charge on any atom is 0.408 e. The van der Waals surface area contributed by atoms with E-state index in [1.54, 1.807) is 6.92 Å². The molecule has 0 aromatic heterocycles. The first-order chi connectivity index (χ1) is 16.9. The third kappa shape index (κ3) is 5.13. The van der Waals surface area contributed by atoms with Gasteiger partial charge in [-0.05, 0) is 42.0 Å². The van der Waals surface area contributed by atoms with E-state index < -0.39 is 35.9 Å². The number of nitrogens with zero attached hydrogens (tertiary/aromatic N) is 1. The third-order valence-electron chi connectivity index (χ3n) is 6.53. The summed E-state index contributed by atoms with van der Waals surface area (Å²) in [5, 5.41) is 11.5. The topological polar surface area (TPSA) is 122 Å². The summed E-state index contributed by atoms with van der Waals surface area (Å²) in [6.45, 7) is 2.03. The number of hydrogen-bond acceptors (Lipinski definition) is 6. The van der Waals surface area contributed by atoms with E-state index in [1.807, 2.05) is 48.5 Å². The van der Waals surface area contributed by atoms with Crippen LogP contribution in [-0.2, 0) is 23.9 Å². The quantitative estimate of drug-likeness (QED) is 0.462. The summed E-state index contributed by atoms with van der Waals surface area (Å²) in [7, 11) is 0. The van der Waals surface area contributed by atoms with Gasteiger partial charge in [0.05, 0.1) is 12.5 Å². The van der Waals surface area contributed by atoms with E-state index in [2.05, 4.69) is 5.32 Å². The highest BCUT2D eigenvalue weighted by Crippen LogP contribution is 2.44. The maximum atomic E-state index is 13.0.